The Balaban J connectivity index is 0.952. The number of carbonyl (C=O) groups is 6. The van der Waals surface area contributed by atoms with Gasteiger partial charge in [0.15, 0.2) is 28.5 Å². The summed E-state index contributed by atoms with van der Waals surface area (Å²) in [6.45, 7) is 9.17. The van der Waals surface area contributed by atoms with Crippen LogP contribution in [0.1, 0.15) is 492 Å². The summed E-state index contributed by atoms with van der Waals surface area (Å²) >= 11 is 1.08. The van der Waals surface area contributed by atoms with Crippen molar-refractivity contribution in [2.75, 3.05) is 63.0 Å². The lowest BCUT2D eigenvalue weighted by atomic mass is 10.0. The van der Waals surface area contributed by atoms with Gasteiger partial charge in [0.05, 0.1) is 64.3 Å². The molecule has 7 atom stereocenters. The molecule has 2 aliphatic rings. The van der Waals surface area contributed by atoms with E-state index in [0.717, 1.165) is 101 Å². The van der Waals surface area contributed by atoms with E-state index in [1.165, 1.54) is 317 Å². The van der Waals surface area contributed by atoms with Crippen LogP contribution in [0.25, 0.3) is 11.2 Å². The number of amides is 3. The number of ketones is 1. The summed E-state index contributed by atoms with van der Waals surface area (Å²) in [7, 11) is 1.66. The highest BCUT2D eigenvalue weighted by atomic mass is 32.7. The lowest BCUT2D eigenvalue weighted by Gasteiger charge is -2.26. The van der Waals surface area contributed by atoms with E-state index in [2.05, 4.69) is 58.3 Å². The number of carbonyl (C=O) groups excluding carboxylic acids is 6. The molecule has 0 saturated carbocycles. The molecule has 0 aliphatic carbocycles. The molecule has 2 saturated heterocycles. The molecule has 26 nitrogen and oxygen atoms in total. The second kappa shape index (κ2) is 75.4. The molecule has 0 radical (unpaired) electrons. The van der Waals surface area contributed by atoms with E-state index < -0.39 is 73.8 Å². The molecule has 790 valence electrons. The van der Waals surface area contributed by atoms with Crippen molar-refractivity contribution in [1.82, 2.24) is 34.0 Å². The number of rotatable bonds is 88. The Kier molecular flexibility index (Phi) is 64.5. The Morgan fingerprint density at radius 3 is 1.37 bits per heavy atom. The number of aromatic nitrogens is 6. The average Bonchev–Trinajstić information content (AvgIpc) is 1.62. The van der Waals surface area contributed by atoms with Crippen LogP contribution in [0.4, 0.5) is 11.6 Å². The number of hydrogen-bond donors (Lipinski definition) is 2. The number of nitrogens with one attached hydrogen (secondary N) is 2. The summed E-state index contributed by atoms with van der Waals surface area (Å²) in [6, 6.07) is 13.7. The van der Waals surface area contributed by atoms with Gasteiger partial charge in [-0.2, -0.15) is 4.98 Å². The van der Waals surface area contributed by atoms with Crippen LogP contribution in [-0.2, 0) is 51.7 Å². The van der Waals surface area contributed by atoms with Gasteiger partial charge >= 0.3 is 24.4 Å². The molecule has 5 aromatic rings. The third kappa shape index (κ3) is 50.5. The molecule has 2 N–H and O–H groups in total. The Hall–Kier alpha value is -7.29. The maximum absolute atomic E-state index is 15.5. The molecule has 2 aromatic carbocycles. The van der Waals surface area contributed by atoms with E-state index in [9.17, 15) is 33.6 Å². The maximum atomic E-state index is 15.5. The second-order valence-corrected chi connectivity index (χ2v) is 43.5. The van der Waals surface area contributed by atoms with Gasteiger partial charge in [0.25, 0.3) is 11.8 Å². The first kappa shape index (κ1) is 120. The predicted octanol–water partition coefficient (Wildman–Crippen LogP) is 29.7. The zero-order valence-electron chi connectivity index (χ0n) is 87.7. The zero-order chi connectivity index (χ0) is 99.9. The normalized spacial score (nSPS) is 16.2. The van der Waals surface area contributed by atoms with Crippen LogP contribution in [0.5, 0.6) is 17.2 Å². The Labute approximate surface area is 846 Å². The van der Waals surface area contributed by atoms with Crippen LogP contribution in [0.3, 0.4) is 0 Å². The van der Waals surface area contributed by atoms with E-state index in [0.29, 0.717) is 71.5 Å². The van der Waals surface area contributed by atoms with Crippen molar-refractivity contribution >= 4 is 76.4 Å². The topological polar surface area (TPSA) is 308 Å². The van der Waals surface area contributed by atoms with Gasteiger partial charge in [0, 0.05) is 55.8 Å². The van der Waals surface area contributed by atoms with Gasteiger partial charge in [0.1, 0.15) is 49.2 Å². The number of anilines is 2. The van der Waals surface area contributed by atoms with Gasteiger partial charge in [-0.1, -0.05) is 400 Å². The van der Waals surface area contributed by atoms with Gasteiger partial charge in [-0.3, -0.25) is 42.2 Å². The molecule has 0 spiro atoms. The molecule has 3 aromatic heterocycles. The summed E-state index contributed by atoms with van der Waals surface area (Å²) in [5.74, 6) is -0.786. The first-order valence-electron chi connectivity index (χ1n) is 55.9. The predicted molar refractivity (Wildman–Crippen MR) is 565 cm³/mol. The lowest BCUT2D eigenvalue weighted by Crippen LogP contribution is -2.31. The fourth-order valence-corrected chi connectivity index (χ4v) is 22.1. The number of Topliss-reactive ketones (excluding diaryl/α,β-unsaturated/α-hetero) is 1. The fraction of sp³-hybridized carbons (Fsp3) is 0.759. The Bertz CT molecular complexity index is 4210. The van der Waals surface area contributed by atoms with Gasteiger partial charge in [-0.05, 0) is 80.7 Å². The first-order valence-corrected chi connectivity index (χ1v) is 59.1. The average molecular weight is 1990 g/mol. The number of nitrogens with zero attached hydrogens (tertiary/aromatic N) is 7. The number of unbranched alkanes of at least 4 members (excludes halogenated alkanes) is 54. The van der Waals surface area contributed by atoms with Crippen molar-refractivity contribution in [1.29, 1.82) is 0 Å². The minimum Gasteiger partial charge on any atom is -0.490 e. The van der Waals surface area contributed by atoms with Crippen LogP contribution in [0.15, 0.2) is 72.2 Å². The SMILES string of the molecule is CCCCCCCCCCCCCCCCCCOc1cc(C(=O)N(C)CCOC(=O)CCC(=O)Nc2ccn([C@H]3CC(OC(=O)CCC(C)=O)[C@@H](COP(=O)(OC4C[C@H](n5cnc6c(NC(=O)c7ccccc7)ncnc65)O[C@@H]4CC)SCCCCCCCCCCCC)O3)c(=O)n2)cc(OCCCCCCCCCCCCCCCCCC)c1OCCCCCCCCCCCCCCCCCC. The van der Waals surface area contributed by atoms with Crippen LogP contribution < -0.4 is 30.5 Å². The van der Waals surface area contributed by atoms with Gasteiger partial charge in [-0.15, -0.1) is 0 Å². The van der Waals surface area contributed by atoms with E-state index in [-0.39, 0.29) is 80.9 Å². The van der Waals surface area contributed by atoms with Gasteiger partial charge in [-0.25, -0.2) is 24.3 Å². The fourth-order valence-electron chi connectivity index (χ4n) is 18.5. The minimum atomic E-state index is -4.14. The Morgan fingerprint density at radius 1 is 0.471 bits per heavy atom. The standard InChI is InChI=1S/C112H184N9O17PS/c1-8-13-17-21-25-29-33-36-39-42-45-48-51-55-59-66-79-130-97-84-93(85-98(131-80-67-60-56-52-49-46-43-40-37-34-30-26-22-18-14-9-2)107(97)133-81-68-61-57-53-50-47-44-41-38-35-31-27-23-19-15-10-3)111(127)119(7)78-82-132-104(124)75-73-101(123)116-100-76-77-120(112(128)117-100)102-86-95(137-105(125)74-72-91(6)122)99(136-102)88-134-139(129,140-83-69-62-58-54-32-28-24-20-16-11-4)138-96-87-103(135-94(96)12-5)121-90-115-106-108(113-89-114-109(106)121)118-110(126)92-70-64-63-65-71-92/h63-65,70-71,76-77,84-85,89-90,94-96,99,102-103H,8-62,66-69,72-75,78-83,86-88H2,1-7H3,(H,113,114,118,126)(H,116,117,123,128)/t94-,95?,96?,99-,102-,103-,139?/m1/s1. The molecule has 2 aliphatic heterocycles. The third-order valence-corrected chi connectivity index (χ3v) is 30.9. The molecule has 3 unspecified atom stereocenters. The first-order chi connectivity index (χ1) is 68.5. The number of esters is 2. The number of imidazole rings is 1. The molecular formula is C112H184N9O17PS. The summed E-state index contributed by atoms with van der Waals surface area (Å²) < 4.78 is 76.3. The molecule has 28 heteroatoms. The highest BCUT2D eigenvalue weighted by molar-refractivity contribution is 8.55. The van der Waals surface area contributed by atoms with Crippen molar-refractivity contribution in [2.45, 2.75) is 496 Å². The van der Waals surface area contributed by atoms with Gasteiger partial charge in [0.2, 0.25) is 11.7 Å². The maximum Gasteiger partial charge on any atom is 0.389 e. The van der Waals surface area contributed by atoms with Gasteiger partial charge < -0.3 is 53.5 Å². The molecule has 5 heterocycles. The highest BCUT2D eigenvalue weighted by Crippen LogP contribution is 2.63. The third-order valence-electron chi connectivity index (χ3n) is 27.1. The largest absolute Gasteiger partial charge is 0.490 e. The van der Waals surface area contributed by atoms with Crippen LogP contribution >= 0.6 is 18.2 Å². The van der Waals surface area contributed by atoms with Crippen LogP contribution in [0, 0.1) is 0 Å². The number of fused-ring (bicyclic) bond motifs is 1. The second-order valence-electron chi connectivity index (χ2n) is 39.4. The molecule has 0 bridgehead atoms. The van der Waals surface area contributed by atoms with Crippen LogP contribution in [0.2, 0.25) is 0 Å². The van der Waals surface area contributed by atoms with Crippen molar-refractivity contribution in [3.05, 3.63) is 89.0 Å². The Morgan fingerprint density at radius 2 is 0.907 bits per heavy atom. The molecule has 2 fully saturated rings. The summed E-state index contributed by atoms with van der Waals surface area (Å²) in [5, 5.41) is 5.47. The zero-order valence-corrected chi connectivity index (χ0v) is 89.4. The molecule has 140 heavy (non-hydrogen) atoms. The number of likely N-dealkylation sites (N-methyl/N-ethyl adjacent to an activating group) is 1. The van der Waals surface area contributed by atoms with E-state index in [1.54, 1.807) is 54.3 Å². The lowest BCUT2D eigenvalue weighted by molar-refractivity contribution is -0.153. The summed E-state index contributed by atoms with van der Waals surface area (Å²) in [4.78, 5) is 113. The number of ether oxygens (including phenoxy) is 7. The van der Waals surface area contributed by atoms with E-state index in [4.69, 9.17) is 42.2 Å². The van der Waals surface area contributed by atoms with Crippen LogP contribution in [-0.4, -0.2) is 146 Å². The summed E-state index contributed by atoms with van der Waals surface area (Å²) in [5.41, 5.74) is 0.727. The van der Waals surface area contributed by atoms with Crippen molar-refractivity contribution in [3.63, 3.8) is 0 Å². The monoisotopic (exact) mass is 1990 g/mol. The number of hydrogen-bond acceptors (Lipinski definition) is 22. The molecular weight excluding hydrogens is 1810 g/mol. The van der Waals surface area contributed by atoms with Crippen molar-refractivity contribution in [2.24, 2.45) is 0 Å². The molecule has 3 amide bonds. The summed E-state index contributed by atoms with van der Waals surface area (Å²) in [6.07, 6.45) is 71.0. The van der Waals surface area contributed by atoms with E-state index in [1.807, 2.05) is 13.0 Å². The molecule has 7 rings (SSSR count). The quantitative estimate of drug-likeness (QED) is 0.0207. The highest BCUT2D eigenvalue weighted by Gasteiger charge is 2.45. The smallest absolute Gasteiger partial charge is 0.389 e. The van der Waals surface area contributed by atoms with Crippen molar-refractivity contribution < 1.29 is 75.5 Å². The van der Waals surface area contributed by atoms with E-state index >= 15 is 4.57 Å². The van der Waals surface area contributed by atoms with Crippen molar-refractivity contribution in [3.8, 4) is 17.2 Å². The number of benzene rings is 2. The minimum absolute atomic E-state index is 0.0528.